The Hall–Kier alpha value is -1.75. The number of thioether (sulfide) groups is 1. The summed E-state index contributed by atoms with van der Waals surface area (Å²) < 4.78 is 10.5. The van der Waals surface area contributed by atoms with Gasteiger partial charge in [-0.2, -0.15) is 11.8 Å². The van der Waals surface area contributed by atoms with Crippen LogP contribution in [0.15, 0.2) is 45.5 Å². The van der Waals surface area contributed by atoms with Crippen molar-refractivity contribution in [2.75, 3.05) is 5.75 Å². The molecule has 0 unspecified atom stereocenters. The fourth-order valence-electron chi connectivity index (χ4n) is 1.84. The highest BCUT2D eigenvalue weighted by molar-refractivity contribution is 7.98. The van der Waals surface area contributed by atoms with Gasteiger partial charge in [0.1, 0.15) is 11.8 Å². The van der Waals surface area contributed by atoms with Gasteiger partial charge in [0.15, 0.2) is 11.5 Å². The Bertz CT molecular complexity index is 601. The molecule has 0 atom stereocenters. The molecule has 1 aromatic carbocycles. The molecule has 0 saturated heterocycles. The molecule has 0 amide bonds. The van der Waals surface area contributed by atoms with Crippen molar-refractivity contribution in [3.05, 3.63) is 48.2 Å². The second-order valence-corrected chi connectivity index (χ2v) is 5.33. The standard InChI is InChI=1S/C14H14N2O2S/c1-2-5-13-12(4-1)15-14(18-13)6-3-9-19-10-11-7-8-17-16-11/h1-2,4-5,7-8H,3,6,9-10H2. The van der Waals surface area contributed by atoms with E-state index in [0.29, 0.717) is 0 Å². The molecular formula is C14H14N2O2S. The monoisotopic (exact) mass is 274 g/mol. The van der Waals surface area contributed by atoms with E-state index >= 15 is 0 Å². The maximum absolute atomic E-state index is 5.67. The minimum Gasteiger partial charge on any atom is -0.441 e. The molecule has 0 aliphatic rings. The van der Waals surface area contributed by atoms with E-state index in [9.17, 15) is 0 Å². The molecule has 0 bridgehead atoms. The molecule has 0 spiro atoms. The van der Waals surface area contributed by atoms with Crippen LogP contribution in [0, 0.1) is 0 Å². The normalized spacial score (nSPS) is 11.2. The van der Waals surface area contributed by atoms with Gasteiger partial charge in [0.05, 0.1) is 5.69 Å². The fraction of sp³-hybridized carbons (Fsp3) is 0.286. The molecule has 4 nitrogen and oxygen atoms in total. The van der Waals surface area contributed by atoms with E-state index in [4.69, 9.17) is 8.94 Å². The maximum Gasteiger partial charge on any atom is 0.195 e. The zero-order valence-electron chi connectivity index (χ0n) is 10.4. The molecule has 2 heterocycles. The number of aromatic nitrogens is 2. The van der Waals surface area contributed by atoms with Crippen molar-refractivity contribution in [3.8, 4) is 0 Å². The van der Waals surface area contributed by atoms with Crippen molar-refractivity contribution >= 4 is 22.9 Å². The molecule has 0 fully saturated rings. The van der Waals surface area contributed by atoms with Crippen LogP contribution < -0.4 is 0 Å². The highest BCUT2D eigenvalue weighted by Gasteiger charge is 2.04. The number of hydrogen-bond acceptors (Lipinski definition) is 5. The van der Waals surface area contributed by atoms with Gasteiger partial charge >= 0.3 is 0 Å². The van der Waals surface area contributed by atoms with Crippen LogP contribution in [0.25, 0.3) is 11.1 Å². The highest BCUT2D eigenvalue weighted by atomic mass is 32.2. The lowest BCUT2D eigenvalue weighted by atomic mass is 10.3. The summed E-state index contributed by atoms with van der Waals surface area (Å²) in [5.41, 5.74) is 2.80. The number of hydrogen-bond donors (Lipinski definition) is 0. The number of benzene rings is 1. The predicted octanol–water partition coefficient (Wildman–Crippen LogP) is 3.68. The van der Waals surface area contributed by atoms with Crippen LogP contribution in [0.4, 0.5) is 0 Å². The largest absolute Gasteiger partial charge is 0.441 e. The Kier molecular flexibility index (Phi) is 3.83. The molecule has 2 aromatic heterocycles. The summed E-state index contributed by atoms with van der Waals surface area (Å²) in [4.78, 5) is 4.46. The van der Waals surface area contributed by atoms with Crippen LogP contribution in [0.2, 0.25) is 0 Å². The predicted molar refractivity (Wildman–Crippen MR) is 75.0 cm³/mol. The molecule has 0 N–H and O–H groups in total. The van der Waals surface area contributed by atoms with E-state index in [1.54, 1.807) is 6.26 Å². The Morgan fingerprint density at radius 3 is 2.95 bits per heavy atom. The van der Waals surface area contributed by atoms with Gasteiger partial charge in [-0.25, -0.2) is 4.98 Å². The molecular weight excluding hydrogens is 260 g/mol. The summed E-state index contributed by atoms with van der Waals surface area (Å²) in [5.74, 6) is 2.78. The zero-order chi connectivity index (χ0) is 12.9. The first kappa shape index (κ1) is 12.3. The molecule has 3 aromatic rings. The van der Waals surface area contributed by atoms with Gasteiger partial charge in [-0.05, 0) is 24.3 Å². The van der Waals surface area contributed by atoms with Gasteiger partial charge in [0.2, 0.25) is 0 Å². The lowest BCUT2D eigenvalue weighted by molar-refractivity contribution is 0.414. The molecule has 0 aliphatic heterocycles. The second-order valence-electron chi connectivity index (χ2n) is 4.22. The Labute approximate surface area is 115 Å². The number of fused-ring (bicyclic) bond motifs is 1. The topological polar surface area (TPSA) is 52.1 Å². The first-order valence-electron chi connectivity index (χ1n) is 6.23. The summed E-state index contributed by atoms with van der Waals surface area (Å²) in [6.45, 7) is 0. The quantitative estimate of drug-likeness (QED) is 0.642. The summed E-state index contributed by atoms with van der Waals surface area (Å²) in [6.07, 6.45) is 3.53. The van der Waals surface area contributed by atoms with Crippen LogP contribution >= 0.6 is 11.8 Å². The Balaban J connectivity index is 1.44. The van der Waals surface area contributed by atoms with E-state index < -0.39 is 0 Å². The van der Waals surface area contributed by atoms with Gasteiger partial charge in [0, 0.05) is 18.2 Å². The number of nitrogens with zero attached hydrogens (tertiary/aromatic N) is 2. The van der Waals surface area contributed by atoms with Crippen molar-refractivity contribution in [1.29, 1.82) is 0 Å². The number of rotatable bonds is 6. The van der Waals surface area contributed by atoms with Crippen LogP contribution in [-0.2, 0) is 12.2 Å². The summed E-state index contributed by atoms with van der Waals surface area (Å²) in [6, 6.07) is 9.76. The van der Waals surface area contributed by atoms with Gasteiger partial charge in [-0.1, -0.05) is 17.3 Å². The Morgan fingerprint density at radius 2 is 2.11 bits per heavy atom. The van der Waals surface area contributed by atoms with Crippen molar-refractivity contribution in [2.24, 2.45) is 0 Å². The van der Waals surface area contributed by atoms with E-state index in [1.807, 2.05) is 42.1 Å². The summed E-state index contributed by atoms with van der Waals surface area (Å²) in [7, 11) is 0. The average Bonchev–Trinajstić information content (AvgIpc) is 3.06. The van der Waals surface area contributed by atoms with Gasteiger partial charge < -0.3 is 8.94 Å². The maximum atomic E-state index is 5.67. The molecule has 0 radical (unpaired) electrons. The average molecular weight is 274 g/mol. The number of para-hydroxylation sites is 2. The molecule has 3 rings (SSSR count). The smallest absolute Gasteiger partial charge is 0.195 e. The minimum absolute atomic E-state index is 0.822. The van der Waals surface area contributed by atoms with E-state index in [2.05, 4.69) is 10.1 Å². The van der Waals surface area contributed by atoms with Crippen molar-refractivity contribution in [3.63, 3.8) is 0 Å². The van der Waals surface area contributed by atoms with Crippen LogP contribution in [-0.4, -0.2) is 15.9 Å². The molecule has 19 heavy (non-hydrogen) atoms. The highest BCUT2D eigenvalue weighted by Crippen LogP contribution is 2.17. The van der Waals surface area contributed by atoms with Crippen molar-refractivity contribution in [2.45, 2.75) is 18.6 Å². The second kappa shape index (κ2) is 5.93. The Morgan fingerprint density at radius 1 is 1.16 bits per heavy atom. The van der Waals surface area contributed by atoms with E-state index in [-0.39, 0.29) is 0 Å². The first-order valence-corrected chi connectivity index (χ1v) is 7.39. The van der Waals surface area contributed by atoms with Crippen LogP contribution in [0.1, 0.15) is 18.0 Å². The first-order chi connectivity index (χ1) is 9.42. The molecule has 98 valence electrons. The lowest BCUT2D eigenvalue weighted by Gasteiger charge is -1.97. The van der Waals surface area contributed by atoms with E-state index in [1.165, 1.54) is 0 Å². The number of aryl methyl sites for hydroxylation is 1. The van der Waals surface area contributed by atoms with Gasteiger partial charge in [-0.3, -0.25) is 0 Å². The third kappa shape index (κ3) is 3.17. The SMILES string of the molecule is c1ccc2oc(CCCSCc3ccon3)nc2c1. The molecule has 5 heteroatoms. The molecule has 0 aliphatic carbocycles. The molecule has 0 saturated carbocycles. The lowest BCUT2D eigenvalue weighted by Crippen LogP contribution is -1.89. The van der Waals surface area contributed by atoms with Gasteiger partial charge in [0.25, 0.3) is 0 Å². The minimum atomic E-state index is 0.822. The fourth-order valence-corrected chi connectivity index (χ4v) is 2.69. The van der Waals surface area contributed by atoms with Crippen molar-refractivity contribution < 1.29 is 8.94 Å². The van der Waals surface area contributed by atoms with Gasteiger partial charge in [-0.15, -0.1) is 0 Å². The summed E-state index contributed by atoms with van der Waals surface area (Å²) in [5, 5.41) is 3.87. The third-order valence-corrected chi connectivity index (χ3v) is 3.84. The third-order valence-electron chi connectivity index (χ3n) is 2.76. The zero-order valence-corrected chi connectivity index (χ0v) is 11.2. The summed E-state index contributed by atoms with van der Waals surface area (Å²) >= 11 is 1.85. The number of oxazole rings is 1. The van der Waals surface area contributed by atoms with Crippen LogP contribution in [0.3, 0.4) is 0 Å². The van der Waals surface area contributed by atoms with Crippen molar-refractivity contribution in [1.82, 2.24) is 10.1 Å². The van der Waals surface area contributed by atoms with E-state index in [0.717, 1.165) is 47.0 Å². The van der Waals surface area contributed by atoms with Crippen LogP contribution in [0.5, 0.6) is 0 Å².